The van der Waals surface area contributed by atoms with Gasteiger partial charge in [-0.05, 0) is 44.0 Å². The molecule has 1 saturated heterocycles. The highest BCUT2D eigenvalue weighted by Crippen LogP contribution is 2.20. The van der Waals surface area contributed by atoms with Gasteiger partial charge in [0.15, 0.2) is 0 Å². The maximum atomic E-state index is 12.1. The Morgan fingerprint density at radius 3 is 3.00 bits per heavy atom. The van der Waals surface area contributed by atoms with E-state index in [1.807, 2.05) is 19.1 Å². The molecule has 5 heteroatoms. The number of carbonyl (C=O) groups excluding carboxylic acids is 1. The summed E-state index contributed by atoms with van der Waals surface area (Å²) in [7, 11) is 0. The van der Waals surface area contributed by atoms with Crippen LogP contribution >= 0.6 is 11.6 Å². The fourth-order valence-electron chi connectivity index (χ4n) is 2.59. The molecule has 0 saturated carbocycles. The molecule has 0 aliphatic carbocycles. The monoisotopic (exact) mass is 295 g/mol. The normalized spacial score (nSPS) is 19.9. The molecule has 1 amide bonds. The van der Waals surface area contributed by atoms with Crippen molar-refractivity contribution in [1.29, 1.82) is 0 Å². The highest BCUT2D eigenvalue weighted by atomic mass is 35.5. The molecule has 1 aliphatic heterocycles. The van der Waals surface area contributed by atoms with Gasteiger partial charge in [0.05, 0.1) is 6.54 Å². The molecular weight excluding hydrogens is 274 g/mol. The predicted octanol–water partition coefficient (Wildman–Crippen LogP) is 2.40. The van der Waals surface area contributed by atoms with Crippen molar-refractivity contribution in [1.82, 2.24) is 4.90 Å². The summed E-state index contributed by atoms with van der Waals surface area (Å²) in [6.45, 7) is 3.90. The van der Waals surface area contributed by atoms with E-state index in [1.165, 1.54) is 6.42 Å². The van der Waals surface area contributed by atoms with Crippen LogP contribution in [0.3, 0.4) is 0 Å². The molecule has 0 spiro atoms. The van der Waals surface area contributed by atoms with Crippen LogP contribution in [0.25, 0.3) is 0 Å². The van der Waals surface area contributed by atoms with Crippen LogP contribution in [0.4, 0.5) is 5.69 Å². The molecule has 0 aromatic heterocycles. The van der Waals surface area contributed by atoms with E-state index in [-0.39, 0.29) is 5.91 Å². The number of benzene rings is 1. The van der Waals surface area contributed by atoms with Crippen LogP contribution in [-0.4, -0.2) is 36.5 Å². The second-order valence-corrected chi connectivity index (χ2v) is 5.78. The lowest BCUT2D eigenvalue weighted by molar-refractivity contribution is -0.118. The minimum atomic E-state index is -0.00901. The average molecular weight is 296 g/mol. The third-order valence-corrected chi connectivity index (χ3v) is 4.23. The van der Waals surface area contributed by atoms with Crippen LogP contribution in [0.2, 0.25) is 5.02 Å². The van der Waals surface area contributed by atoms with Crippen LogP contribution in [-0.2, 0) is 4.79 Å². The first-order valence-corrected chi connectivity index (χ1v) is 7.48. The smallest absolute Gasteiger partial charge is 0.238 e. The number of piperidine rings is 1. The van der Waals surface area contributed by atoms with Crippen molar-refractivity contribution >= 4 is 23.2 Å². The van der Waals surface area contributed by atoms with Crippen molar-refractivity contribution in [2.24, 2.45) is 5.73 Å². The zero-order valence-electron chi connectivity index (χ0n) is 11.9. The highest BCUT2D eigenvalue weighted by Gasteiger charge is 2.22. The molecule has 4 nitrogen and oxygen atoms in total. The lowest BCUT2D eigenvalue weighted by Gasteiger charge is -2.34. The molecule has 1 unspecified atom stereocenters. The van der Waals surface area contributed by atoms with Crippen molar-refractivity contribution < 1.29 is 4.79 Å². The molecule has 0 bridgehead atoms. The second-order valence-electron chi connectivity index (χ2n) is 5.37. The maximum Gasteiger partial charge on any atom is 0.238 e. The molecule has 1 aliphatic rings. The van der Waals surface area contributed by atoms with Crippen molar-refractivity contribution in [3.8, 4) is 0 Å². The summed E-state index contributed by atoms with van der Waals surface area (Å²) in [4.78, 5) is 14.3. The van der Waals surface area contributed by atoms with Gasteiger partial charge in [0.25, 0.3) is 0 Å². The quantitative estimate of drug-likeness (QED) is 0.897. The summed E-state index contributed by atoms with van der Waals surface area (Å²) in [5.41, 5.74) is 7.51. The van der Waals surface area contributed by atoms with Gasteiger partial charge >= 0.3 is 0 Å². The summed E-state index contributed by atoms with van der Waals surface area (Å²) in [5.74, 6) is -0.00901. The van der Waals surface area contributed by atoms with Gasteiger partial charge in [-0.25, -0.2) is 0 Å². The van der Waals surface area contributed by atoms with Crippen molar-refractivity contribution in [2.75, 3.05) is 25.0 Å². The number of nitrogens with zero attached hydrogens (tertiary/aromatic N) is 1. The first-order valence-electron chi connectivity index (χ1n) is 7.10. The van der Waals surface area contributed by atoms with Crippen LogP contribution in [0.15, 0.2) is 18.2 Å². The zero-order chi connectivity index (χ0) is 14.5. The molecule has 1 heterocycles. The predicted molar refractivity (Wildman–Crippen MR) is 83.1 cm³/mol. The summed E-state index contributed by atoms with van der Waals surface area (Å²) >= 11 is 6.06. The number of hydrogen-bond donors (Lipinski definition) is 2. The molecule has 0 radical (unpaired) electrons. The van der Waals surface area contributed by atoms with E-state index < -0.39 is 0 Å². The highest BCUT2D eigenvalue weighted by molar-refractivity contribution is 6.31. The standard InChI is InChI=1S/C15H22ClN3O/c1-11-5-6-12(8-14(11)16)18-15(20)10-19-7-3-2-4-13(19)9-17/h5-6,8,13H,2-4,7,9-10,17H2,1H3,(H,18,20). The van der Waals surface area contributed by atoms with Gasteiger partial charge in [-0.1, -0.05) is 24.1 Å². The average Bonchev–Trinajstić information content (AvgIpc) is 2.43. The van der Waals surface area contributed by atoms with Gasteiger partial charge < -0.3 is 11.1 Å². The van der Waals surface area contributed by atoms with Gasteiger partial charge in [0.2, 0.25) is 5.91 Å². The van der Waals surface area contributed by atoms with E-state index >= 15 is 0 Å². The third-order valence-electron chi connectivity index (χ3n) is 3.82. The number of nitrogens with two attached hydrogens (primary N) is 1. The van der Waals surface area contributed by atoms with Crippen LogP contribution in [0.1, 0.15) is 24.8 Å². The lowest BCUT2D eigenvalue weighted by atomic mass is 10.0. The molecule has 1 atom stereocenters. The van der Waals surface area contributed by atoms with E-state index in [9.17, 15) is 4.79 Å². The Labute approximate surface area is 125 Å². The van der Waals surface area contributed by atoms with Gasteiger partial charge in [-0.15, -0.1) is 0 Å². The van der Waals surface area contributed by atoms with E-state index in [0.29, 0.717) is 24.2 Å². The first kappa shape index (κ1) is 15.3. The Kier molecular flexibility index (Phi) is 5.40. The summed E-state index contributed by atoms with van der Waals surface area (Å²) < 4.78 is 0. The summed E-state index contributed by atoms with van der Waals surface area (Å²) in [6, 6.07) is 5.89. The van der Waals surface area contributed by atoms with Crippen LogP contribution in [0.5, 0.6) is 0 Å². The van der Waals surface area contributed by atoms with E-state index in [0.717, 1.165) is 30.6 Å². The molecular formula is C15H22ClN3O. The van der Waals surface area contributed by atoms with E-state index in [1.54, 1.807) is 6.07 Å². The molecule has 110 valence electrons. The number of halogens is 1. The van der Waals surface area contributed by atoms with Crippen molar-refractivity contribution in [3.63, 3.8) is 0 Å². The molecule has 1 aromatic rings. The van der Waals surface area contributed by atoms with Gasteiger partial charge in [0, 0.05) is 23.3 Å². The van der Waals surface area contributed by atoms with Crippen molar-refractivity contribution in [3.05, 3.63) is 28.8 Å². The first-order chi connectivity index (χ1) is 9.60. The Morgan fingerprint density at radius 1 is 1.50 bits per heavy atom. The van der Waals surface area contributed by atoms with Crippen molar-refractivity contribution in [2.45, 2.75) is 32.2 Å². The van der Waals surface area contributed by atoms with Gasteiger partial charge in [-0.3, -0.25) is 9.69 Å². The van der Waals surface area contributed by atoms with Crippen LogP contribution < -0.4 is 11.1 Å². The maximum absolute atomic E-state index is 12.1. The number of carbonyl (C=O) groups is 1. The number of amides is 1. The fourth-order valence-corrected chi connectivity index (χ4v) is 2.77. The Morgan fingerprint density at radius 2 is 2.30 bits per heavy atom. The second kappa shape index (κ2) is 7.07. The molecule has 20 heavy (non-hydrogen) atoms. The largest absolute Gasteiger partial charge is 0.329 e. The minimum absolute atomic E-state index is 0.00901. The number of anilines is 1. The number of nitrogens with one attached hydrogen (secondary N) is 1. The third kappa shape index (κ3) is 3.95. The Bertz CT molecular complexity index is 478. The molecule has 1 aromatic carbocycles. The van der Waals surface area contributed by atoms with Gasteiger partial charge in [0.1, 0.15) is 0 Å². The molecule has 2 rings (SSSR count). The van der Waals surface area contributed by atoms with Gasteiger partial charge in [-0.2, -0.15) is 0 Å². The minimum Gasteiger partial charge on any atom is -0.329 e. The lowest BCUT2D eigenvalue weighted by Crippen LogP contribution is -2.47. The number of hydrogen-bond acceptors (Lipinski definition) is 3. The Balaban J connectivity index is 1.92. The zero-order valence-corrected chi connectivity index (χ0v) is 12.6. The number of rotatable bonds is 4. The van der Waals surface area contributed by atoms with Crippen LogP contribution in [0, 0.1) is 6.92 Å². The number of aryl methyl sites for hydroxylation is 1. The Hall–Kier alpha value is -1.10. The summed E-state index contributed by atoms with van der Waals surface area (Å²) in [6.07, 6.45) is 3.42. The molecule has 3 N–H and O–H groups in total. The van der Waals surface area contributed by atoms with E-state index in [4.69, 9.17) is 17.3 Å². The summed E-state index contributed by atoms with van der Waals surface area (Å²) in [5, 5.41) is 3.56. The molecule has 1 fully saturated rings. The SMILES string of the molecule is Cc1ccc(NC(=O)CN2CCCCC2CN)cc1Cl. The number of likely N-dealkylation sites (tertiary alicyclic amines) is 1. The fraction of sp³-hybridized carbons (Fsp3) is 0.533. The van der Waals surface area contributed by atoms with E-state index in [2.05, 4.69) is 10.2 Å². The topological polar surface area (TPSA) is 58.4 Å².